The lowest BCUT2D eigenvalue weighted by atomic mass is 10.1. The standard InChI is InChI=1S/C9H10O3/c1-6(2)8(11)9-7(5-10)3-4-12-9/h3-5,8,11H,1H2,2H3. The van der Waals surface area contributed by atoms with Crippen molar-refractivity contribution in [2.24, 2.45) is 0 Å². The summed E-state index contributed by atoms with van der Waals surface area (Å²) in [5.74, 6) is 0.262. The van der Waals surface area contributed by atoms with Gasteiger partial charge in [0.25, 0.3) is 0 Å². The summed E-state index contributed by atoms with van der Waals surface area (Å²) in [4.78, 5) is 10.4. The van der Waals surface area contributed by atoms with Crippen molar-refractivity contribution >= 4 is 6.29 Å². The van der Waals surface area contributed by atoms with Crippen LogP contribution in [0.25, 0.3) is 0 Å². The first-order chi connectivity index (χ1) is 5.66. The lowest BCUT2D eigenvalue weighted by Crippen LogP contribution is -1.99. The molecule has 0 saturated heterocycles. The quantitative estimate of drug-likeness (QED) is 0.549. The predicted molar refractivity (Wildman–Crippen MR) is 43.9 cm³/mol. The molecule has 0 aromatic carbocycles. The molecule has 0 spiro atoms. The monoisotopic (exact) mass is 166 g/mol. The van der Waals surface area contributed by atoms with Gasteiger partial charge in [0, 0.05) is 0 Å². The van der Waals surface area contributed by atoms with Gasteiger partial charge >= 0.3 is 0 Å². The van der Waals surface area contributed by atoms with Crippen LogP contribution in [0.3, 0.4) is 0 Å². The molecule has 1 atom stereocenters. The third kappa shape index (κ3) is 1.46. The van der Waals surface area contributed by atoms with E-state index in [0.717, 1.165) is 0 Å². The van der Waals surface area contributed by atoms with Crippen LogP contribution >= 0.6 is 0 Å². The molecule has 0 aliphatic carbocycles. The molecule has 1 aromatic rings. The van der Waals surface area contributed by atoms with E-state index in [-0.39, 0.29) is 5.76 Å². The molecule has 0 bridgehead atoms. The fourth-order valence-corrected chi connectivity index (χ4v) is 0.874. The number of furan rings is 1. The molecule has 1 heterocycles. The van der Waals surface area contributed by atoms with Gasteiger partial charge in [0.05, 0.1) is 11.8 Å². The fourth-order valence-electron chi connectivity index (χ4n) is 0.874. The molecule has 0 fully saturated rings. The van der Waals surface area contributed by atoms with Crippen molar-refractivity contribution in [1.82, 2.24) is 0 Å². The summed E-state index contributed by atoms with van der Waals surface area (Å²) in [6.45, 7) is 5.23. The molecule has 0 aliphatic rings. The van der Waals surface area contributed by atoms with E-state index in [1.807, 2.05) is 0 Å². The average Bonchev–Trinajstić information content (AvgIpc) is 2.49. The topological polar surface area (TPSA) is 50.4 Å². The Labute approximate surface area is 70.3 Å². The lowest BCUT2D eigenvalue weighted by Gasteiger charge is -2.06. The number of hydrogen-bond donors (Lipinski definition) is 1. The van der Waals surface area contributed by atoms with Crippen molar-refractivity contribution in [3.63, 3.8) is 0 Å². The Morgan fingerprint density at radius 3 is 3.00 bits per heavy atom. The molecule has 3 nitrogen and oxygen atoms in total. The minimum atomic E-state index is -0.889. The molecule has 1 N–H and O–H groups in total. The number of carbonyl (C=O) groups excluding carboxylic acids is 1. The molecule has 1 aromatic heterocycles. The Hall–Kier alpha value is -1.35. The SMILES string of the molecule is C=C(C)C(O)c1occc1C=O. The molecule has 0 saturated carbocycles. The van der Waals surface area contributed by atoms with Crippen LogP contribution in [-0.4, -0.2) is 11.4 Å². The lowest BCUT2D eigenvalue weighted by molar-refractivity contribution is 0.111. The number of carbonyl (C=O) groups is 1. The van der Waals surface area contributed by atoms with Crippen molar-refractivity contribution in [3.8, 4) is 0 Å². The number of hydrogen-bond acceptors (Lipinski definition) is 3. The third-order valence-corrected chi connectivity index (χ3v) is 1.57. The van der Waals surface area contributed by atoms with E-state index in [4.69, 9.17) is 4.42 Å². The number of aldehydes is 1. The van der Waals surface area contributed by atoms with Gasteiger partial charge in [-0.15, -0.1) is 0 Å². The zero-order valence-electron chi connectivity index (χ0n) is 6.78. The van der Waals surface area contributed by atoms with Gasteiger partial charge in [-0.2, -0.15) is 0 Å². The minimum Gasteiger partial charge on any atom is -0.465 e. The van der Waals surface area contributed by atoms with Gasteiger partial charge in [0.15, 0.2) is 6.29 Å². The molecular weight excluding hydrogens is 156 g/mol. The summed E-state index contributed by atoms with van der Waals surface area (Å²) >= 11 is 0. The highest BCUT2D eigenvalue weighted by molar-refractivity contribution is 5.76. The Morgan fingerprint density at radius 2 is 2.50 bits per heavy atom. The molecule has 0 aliphatic heterocycles. The molecule has 3 heteroatoms. The summed E-state index contributed by atoms with van der Waals surface area (Å²) in [6.07, 6.45) is 1.12. The van der Waals surface area contributed by atoms with Crippen LogP contribution in [0.1, 0.15) is 29.1 Å². The van der Waals surface area contributed by atoms with E-state index in [2.05, 4.69) is 6.58 Å². The molecular formula is C9H10O3. The molecule has 12 heavy (non-hydrogen) atoms. The zero-order chi connectivity index (χ0) is 9.14. The highest BCUT2D eigenvalue weighted by atomic mass is 16.4. The van der Waals surface area contributed by atoms with Gasteiger partial charge in [-0.05, 0) is 18.6 Å². The zero-order valence-corrected chi connectivity index (χ0v) is 6.78. The Bertz CT molecular complexity index is 298. The molecule has 0 radical (unpaired) electrons. The highest BCUT2D eigenvalue weighted by Crippen LogP contribution is 2.22. The summed E-state index contributed by atoms with van der Waals surface area (Å²) in [5, 5.41) is 9.45. The van der Waals surface area contributed by atoms with Gasteiger partial charge < -0.3 is 9.52 Å². The summed E-state index contributed by atoms with van der Waals surface area (Å²) in [7, 11) is 0. The maximum absolute atomic E-state index is 10.4. The van der Waals surface area contributed by atoms with Crippen LogP contribution < -0.4 is 0 Å². The number of aliphatic hydroxyl groups is 1. The van der Waals surface area contributed by atoms with Crippen molar-refractivity contribution in [3.05, 3.63) is 35.8 Å². The van der Waals surface area contributed by atoms with Crippen LogP contribution in [0, 0.1) is 0 Å². The maximum atomic E-state index is 10.4. The second kappa shape index (κ2) is 3.36. The van der Waals surface area contributed by atoms with Crippen molar-refractivity contribution in [2.75, 3.05) is 0 Å². The van der Waals surface area contributed by atoms with E-state index in [9.17, 15) is 9.90 Å². The summed E-state index contributed by atoms with van der Waals surface area (Å²) in [6, 6.07) is 1.51. The second-order valence-electron chi connectivity index (χ2n) is 2.61. The second-order valence-corrected chi connectivity index (χ2v) is 2.61. The first-order valence-corrected chi connectivity index (χ1v) is 3.53. The van der Waals surface area contributed by atoms with E-state index in [0.29, 0.717) is 17.4 Å². The first-order valence-electron chi connectivity index (χ1n) is 3.53. The van der Waals surface area contributed by atoms with Gasteiger partial charge in [-0.25, -0.2) is 0 Å². The first kappa shape index (κ1) is 8.74. The van der Waals surface area contributed by atoms with Crippen LogP contribution in [-0.2, 0) is 0 Å². The molecule has 64 valence electrons. The summed E-state index contributed by atoms with van der Waals surface area (Å²) in [5.41, 5.74) is 0.915. The largest absolute Gasteiger partial charge is 0.465 e. The molecule has 1 unspecified atom stereocenters. The van der Waals surface area contributed by atoms with Gasteiger partial charge in [0.2, 0.25) is 0 Å². The van der Waals surface area contributed by atoms with E-state index < -0.39 is 6.10 Å². The van der Waals surface area contributed by atoms with Crippen molar-refractivity contribution in [2.45, 2.75) is 13.0 Å². The Morgan fingerprint density at radius 1 is 1.83 bits per heavy atom. The van der Waals surface area contributed by atoms with Crippen LogP contribution in [0.4, 0.5) is 0 Å². The van der Waals surface area contributed by atoms with E-state index in [1.165, 1.54) is 12.3 Å². The Kier molecular flexibility index (Phi) is 2.45. The van der Waals surface area contributed by atoms with E-state index in [1.54, 1.807) is 6.92 Å². The molecule has 0 amide bonds. The number of rotatable bonds is 3. The van der Waals surface area contributed by atoms with Gasteiger partial charge in [-0.3, -0.25) is 4.79 Å². The van der Waals surface area contributed by atoms with Gasteiger partial charge in [-0.1, -0.05) is 6.58 Å². The van der Waals surface area contributed by atoms with Crippen molar-refractivity contribution in [1.29, 1.82) is 0 Å². The fraction of sp³-hybridized carbons (Fsp3) is 0.222. The third-order valence-electron chi connectivity index (χ3n) is 1.57. The summed E-state index contributed by atoms with van der Waals surface area (Å²) < 4.78 is 4.94. The van der Waals surface area contributed by atoms with Crippen molar-refractivity contribution < 1.29 is 14.3 Å². The highest BCUT2D eigenvalue weighted by Gasteiger charge is 2.15. The van der Waals surface area contributed by atoms with Crippen LogP contribution in [0.5, 0.6) is 0 Å². The number of aliphatic hydroxyl groups excluding tert-OH is 1. The average molecular weight is 166 g/mol. The Balaban J connectivity index is 3.01. The van der Waals surface area contributed by atoms with Gasteiger partial charge in [0.1, 0.15) is 11.9 Å². The van der Waals surface area contributed by atoms with Crippen LogP contribution in [0.15, 0.2) is 28.9 Å². The minimum absolute atomic E-state index is 0.262. The van der Waals surface area contributed by atoms with Crippen LogP contribution in [0.2, 0.25) is 0 Å². The maximum Gasteiger partial charge on any atom is 0.153 e. The molecule has 1 rings (SSSR count). The van der Waals surface area contributed by atoms with E-state index >= 15 is 0 Å². The smallest absolute Gasteiger partial charge is 0.153 e. The normalized spacial score (nSPS) is 12.5. The predicted octanol–water partition coefficient (Wildman–Crippen LogP) is 1.70.